The fraction of sp³-hybridized carbons (Fsp3) is 0.357. The van der Waals surface area contributed by atoms with Gasteiger partial charge in [0.05, 0.1) is 11.1 Å². The molecule has 0 aromatic heterocycles. The molecule has 0 aliphatic rings. The van der Waals surface area contributed by atoms with Crippen LogP contribution in [-0.2, 0) is 6.18 Å². The normalized spacial score (nSPS) is 11.2. The molecule has 1 aromatic carbocycles. The molecule has 0 amide bonds. The maximum Gasteiger partial charge on any atom is 0.417 e. The van der Waals surface area contributed by atoms with Gasteiger partial charge in [0.15, 0.2) is 0 Å². The van der Waals surface area contributed by atoms with Crippen molar-refractivity contribution in [3.63, 3.8) is 0 Å². The number of carbonyl (C=O) groups is 1. The maximum absolute atomic E-state index is 12.9. The molecule has 0 saturated heterocycles. The van der Waals surface area contributed by atoms with Gasteiger partial charge < -0.3 is 10.0 Å². The molecule has 0 spiro atoms. The number of alkyl halides is 3. The summed E-state index contributed by atoms with van der Waals surface area (Å²) in [4.78, 5) is 12.5. The zero-order chi connectivity index (χ0) is 15.3. The first kappa shape index (κ1) is 16.1. The van der Waals surface area contributed by atoms with Crippen LogP contribution in [-0.4, -0.2) is 24.7 Å². The molecule has 110 valence electrons. The second kappa shape index (κ2) is 6.45. The minimum atomic E-state index is -4.69. The Bertz CT molecular complexity index is 498. The van der Waals surface area contributed by atoms with Crippen molar-refractivity contribution in [3.05, 3.63) is 42.0 Å². The second-order valence-corrected chi connectivity index (χ2v) is 4.39. The van der Waals surface area contributed by atoms with Crippen LogP contribution in [0.3, 0.4) is 0 Å². The average molecular weight is 287 g/mol. The molecule has 0 aliphatic heterocycles. The Hall–Kier alpha value is -1.98. The first-order valence-electron chi connectivity index (χ1n) is 6.04. The lowest BCUT2D eigenvalue weighted by molar-refractivity contribution is -0.138. The van der Waals surface area contributed by atoms with Crippen LogP contribution in [0.4, 0.5) is 18.9 Å². The number of benzene rings is 1. The zero-order valence-corrected chi connectivity index (χ0v) is 11.1. The number of anilines is 1. The van der Waals surface area contributed by atoms with E-state index in [4.69, 9.17) is 5.11 Å². The van der Waals surface area contributed by atoms with E-state index >= 15 is 0 Å². The van der Waals surface area contributed by atoms with Crippen LogP contribution in [0.15, 0.2) is 30.9 Å². The second-order valence-electron chi connectivity index (χ2n) is 4.39. The summed E-state index contributed by atoms with van der Waals surface area (Å²) < 4.78 is 38.6. The van der Waals surface area contributed by atoms with Gasteiger partial charge >= 0.3 is 12.1 Å². The van der Waals surface area contributed by atoms with Crippen molar-refractivity contribution in [3.8, 4) is 0 Å². The standard InChI is InChI=1S/C14H16F3NO2/c1-3-4-5-8-18(2)10-6-7-11(13(19)20)12(9-10)14(15,16)17/h3,6-7,9H,1,4-5,8H2,2H3,(H,19,20). The van der Waals surface area contributed by atoms with Crippen LogP contribution < -0.4 is 4.90 Å². The van der Waals surface area contributed by atoms with Gasteiger partial charge in [-0.25, -0.2) is 4.79 Å². The molecule has 3 nitrogen and oxygen atoms in total. The zero-order valence-electron chi connectivity index (χ0n) is 11.1. The summed E-state index contributed by atoms with van der Waals surface area (Å²) in [5, 5.41) is 8.81. The van der Waals surface area contributed by atoms with Crippen molar-refractivity contribution >= 4 is 11.7 Å². The summed E-state index contributed by atoms with van der Waals surface area (Å²) >= 11 is 0. The van der Waals surface area contributed by atoms with E-state index in [1.54, 1.807) is 18.0 Å². The van der Waals surface area contributed by atoms with Crippen molar-refractivity contribution in [1.29, 1.82) is 0 Å². The minimum Gasteiger partial charge on any atom is -0.478 e. The Labute approximate surface area is 115 Å². The highest BCUT2D eigenvalue weighted by molar-refractivity contribution is 5.90. The van der Waals surface area contributed by atoms with Gasteiger partial charge in [-0.15, -0.1) is 6.58 Å². The number of rotatable bonds is 6. The van der Waals surface area contributed by atoms with E-state index in [-0.39, 0.29) is 0 Å². The summed E-state index contributed by atoms with van der Waals surface area (Å²) in [5.41, 5.74) is -1.52. The Morgan fingerprint density at radius 1 is 1.45 bits per heavy atom. The molecule has 6 heteroatoms. The van der Waals surface area contributed by atoms with Crippen molar-refractivity contribution < 1.29 is 23.1 Å². The van der Waals surface area contributed by atoms with Gasteiger partial charge in [-0.3, -0.25) is 0 Å². The number of halogens is 3. The minimum absolute atomic E-state index is 0.339. The highest BCUT2D eigenvalue weighted by atomic mass is 19.4. The topological polar surface area (TPSA) is 40.5 Å². The summed E-state index contributed by atoms with van der Waals surface area (Å²) in [5.74, 6) is -1.59. The third-order valence-corrected chi connectivity index (χ3v) is 2.88. The van der Waals surface area contributed by atoms with E-state index in [2.05, 4.69) is 6.58 Å². The molecule has 1 rings (SSSR count). The highest BCUT2D eigenvalue weighted by Crippen LogP contribution is 2.34. The SMILES string of the molecule is C=CCCCN(C)c1ccc(C(=O)O)c(C(F)(F)F)c1. The predicted octanol–water partition coefficient (Wildman–Crippen LogP) is 3.81. The highest BCUT2D eigenvalue weighted by Gasteiger charge is 2.35. The third-order valence-electron chi connectivity index (χ3n) is 2.88. The van der Waals surface area contributed by atoms with E-state index in [0.29, 0.717) is 12.2 Å². The molecule has 0 bridgehead atoms. The molecular weight excluding hydrogens is 271 g/mol. The molecule has 20 heavy (non-hydrogen) atoms. The molecule has 0 unspecified atom stereocenters. The van der Waals surface area contributed by atoms with E-state index in [1.165, 1.54) is 6.07 Å². The maximum atomic E-state index is 12.9. The monoisotopic (exact) mass is 287 g/mol. The number of allylic oxidation sites excluding steroid dienone is 1. The summed E-state index contributed by atoms with van der Waals surface area (Å²) in [6.45, 7) is 4.14. The molecule has 0 saturated carbocycles. The van der Waals surface area contributed by atoms with Crippen LogP contribution in [0.25, 0.3) is 0 Å². The molecule has 0 atom stereocenters. The van der Waals surface area contributed by atoms with Crippen LogP contribution in [0.5, 0.6) is 0 Å². The number of unbranched alkanes of at least 4 members (excludes halogenated alkanes) is 1. The number of carboxylic acids is 1. The van der Waals surface area contributed by atoms with Crippen molar-refractivity contribution in [2.75, 3.05) is 18.5 Å². The summed E-state index contributed by atoms with van der Waals surface area (Å²) in [6.07, 6.45) is -1.42. The summed E-state index contributed by atoms with van der Waals surface area (Å²) in [7, 11) is 1.67. The lowest BCUT2D eigenvalue weighted by atomic mass is 10.1. The van der Waals surface area contributed by atoms with Crippen molar-refractivity contribution in [1.82, 2.24) is 0 Å². The van der Waals surface area contributed by atoms with Crippen LogP contribution >= 0.6 is 0 Å². The number of hydrogen-bond donors (Lipinski definition) is 1. The van der Waals surface area contributed by atoms with Crippen LogP contribution in [0.2, 0.25) is 0 Å². The molecule has 1 N–H and O–H groups in total. The van der Waals surface area contributed by atoms with Crippen LogP contribution in [0, 0.1) is 0 Å². The quantitative estimate of drug-likeness (QED) is 0.639. The molecule has 1 aromatic rings. The average Bonchev–Trinajstić information content (AvgIpc) is 2.37. The fourth-order valence-corrected chi connectivity index (χ4v) is 1.79. The van der Waals surface area contributed by atoms with Crippen molar-refractivity contribution in [2.24, 2.45) is 0 Å². The number of carboxylic acid groups (broad SMARTS) is 1. The number of nitrogens with zero attached hydrogens (tertiary/aromatic N) is 1. The van der Waals surface area contributed by atoms with Crippen molar-refractivity contribution in [2.45, 2.75) is 19.0 Å². The molecule has 0 aliphatic carbocycles. The van der Waals surface area contributed by atoms with Gasteiger partial charge in [-0.1, -0.05) is 6.08 Å². The summed E-state index contributed by atoms with van der Waals surface area (Å²) in [6, 6.07) is 3.24. The Morgan fingerprint density at radius 2 is 2.10 bits per heavy atom. The van der Waals surface area contributed by atoms with Gasteiger partial charge in [0.1, 0.15) is 0 Å². The fourth-order valence-electron chi connectivity index (χ4n) is 1.79. The Balaban J connectivity index is 3.06. The van der Waals surface area contributed by atoms with Gasteiger partial charge in [-0.2, -0.15) is 13.2 Å². The van der Waals surface area contributed by atoms with Gasteiger partial charge in [0.2, 0.25) is 0 Å². The van der Waals surface area contributed by atoms with E-state index in [9.17, 15) is 18.0 Å². The van der Waals surface area contributed by atoms with Gasteiger partial charge in [-0.05, 0) is 31.0 Å². The first-order valence-corrected chi connectivity index (χ1v) is 6.04. The third kappa shape index (κ3) is 4.01. The Kier molecular flexibility index (Phi) is 5.19. The lowest BCUT2D eigenvalue weighted by Gasteiger charge is -2.21. The largest absolute Gasteiger partial charge is 0.478 e. The Morgan fingerprint density at radius 3 is 2.60 bits per heavy atom. The molecular formula is C14H16F3NO2. The first-order chi connectivity index (χ1) is 9.27. The molecule has 0 fully saturated rings. The van der Waals surface area contributed by atoms with E-state index < -0.39 is 23.3 Å². The molecule has 0 heterocycles. The van der Waals surface area contributed by atoms with Gasteiger partial charge in [0, 0.05) is 19.3 Å². The smallest absolute Gasteiger partial charge is 0.417 e. The van der Waals surface area contributed by atoms with E-state index in [1.807, 2.05) is 0 Å². The van der Waals surface area contributed by atoms with Crippen LogP contribution in [0.1, 0.15) is 28.8 Å². The van der Waals surface area contributed by atoms with E-state index in [0.717, 1.165) is 25.0 Å². The lowest BCUT2D eigenvalue weighted by Crippen LogP contribution is -2.20. The number of hydrogen-bond acceptors (Lipinski definition) is 2. The number of aromatic carboxylic acids is 1. The predicted molar refractivity (Wildman–Crippen MR) is 71.1 cm³/mol. The van der Waals surface area contributed by atoms with Gasteiger partial charge in [0.25, 0.3) is 0 Å². The molecule has 0 radical (unpaired) electrons.